The predicted octanol–water partition coefficient (Wildman–Crippen LogP) is 3.75. The van der Waals surface area contributed by atoms with Crippen molar-refractivity contribution in [1.29, 1.82) is 0 Å². The van der Waals surface area contributed by atoms with Crippen LogP contribution in [0.3, 0.4) is 0 Å². The molecule has 0 amide bonds. The number of hydrogen-bond donors (Lipinski definition) is 0. The van der Waals surface area contributed by atoms with Gasteiger partial charge in [0.05, 0.1) is 37.0 Å². The number of methoxy groups -OCH3 is 2. The van der Waals surface area contributed by atoms with Gasteiger partial charge in [0.1, 0.15) is 5.75 Å². The van der Waals surface area contributed by atoms with Crippen LogP contribution in [0.15, 0.2) is 36.4 Å². The summed E-state index contributed by atoms with van der Waals surface area (Å²) in [5, 5.41) is 0.0595. The van der Waals surface area contributed by atoms with Gasteiger partial charge >= 0.3 is 11.9 Å². The lowest BCUT2D eigenvalue weighted by atomic mass is 10.2. The molecular weight excluding hydrogens is 348 g/mol. The minimum Gasteiger partial charge on any atom is -0.497 e. The average Bonchev–Trinajstić information content (AvgIpc) is 2.63. The molecule has 0 heterocycles. The molecule has 2 aromatic rings. The number of benzene rings is 2. The zero-order chi connectivity index (χ0) is 18.4. The molecule has 0 bridgehead atoms. The van der Waals surface area contributed by atoms with Crippen molar-refractivity contribution in [3.8, 4) is 17.2 Å². The van der Waals surface area contributed by atoms with E-state index in [4.69, 9.17) is 30.5 Å². The van der Waals surface area contributed by atoms with Crippen LogP contribution in [0, 0.1) is 0 Å². The average molecular weight is 365 g/mol. The van der Waals surface area contributed by atoms with E-state index in [0.717, 1.165) is 0 Å². The van der Waals surface area contributed by atoms with Crippen molar-refractivity contribution in [3.63, 3.8) is 0 Å². The van der Waals surface area contributed by atoms with E-state index in [1.54, 1.807) is 31.2 Å². The van der Waals surface area contributed by atoms with E-state index in [0.29, 0.717) is 11.3 Å². The Morgan fingerprint density at radius 2 is 1.64 bits per heavy atom. The second-order valence-electron chi connectivity index (χ2n) is 4.83. The highest BCUT2D eigenvalue weighted by Gasteiger charge is 2.20. The molecule has 0 aliphatic rings. The van der Waals surface area contributed by atoms with Gasteiger partial charge in [-0.3, -0.25) is 0 Å². The van der Waals surface area contributed by atoms with Gasteiger partial charge in [0.25, 0.3) is 0 Å². The molecule has 0 aromatic heterocycles. The molecule has 0 atom stereocenters. The summed E-state index contributed by atoms with van der Waals surface area (Å²) in [5.74, 6) is -0.371. The summed E-state index contributed by atoms with van der Waals surface area (Å²) in [7, 11) is 2.91. The summed E-state index contributed by atoms with van der Waals surface area (Å²) in [6.07, 6.45) is 0. The molecule has 0 spiro atoms. The van der Waals surface area contributed by atoms with Crippen molar-refractivity contribution in [3.05, 3.63) is 52.5 Å². The first-order valence-electron chi connectivity index (χ1n) is 7.41. The van der Waals surface area contributed by atoms with Crippen LogP contribution in [-0.2, 0) is 4.74 Å². The van der Waals surface area contributed by atoms with E-state index < -0.39 is 11.9 Å². The Balaban J connectivity index is 2.28. The first-order valence-corrected chi connectivity index (χ1v) is 7.78. The van der Waals surface area contributed by atoms with Crippen molar-refractivity contribution in [2.24, 2.45) is 0 Å². The van der Waals surface area contributed by atoms with E-state index in [2.05, 4.69) is 0 Å². The number of hydrogen-bond acceptors (Lipinski definition) is 6. The van der Waals surface area contributed by atoms with Crippen LogP contribution in [0.5, 0.6) is 17.2 Å². The predicted molar refractivity (Wildman–Crippen MR) is 91.9 cm³/mol. The molecule has 6 nitrogen and oxygen atoms in total. The van der Waals surface area contributed by atoms with Crippen LogP contribution in [0.2, 0.25) is 5.02 Å². The van der Waals surface area contributed by atoms with Gasteiger partial charge in [-0.05, 0) is 43.3 Å². The third-order valence-corrected chi connectivity index (χ3v) is 3.54. The lowest BCUT2D eigenvalue weighted by Crippen LogP contribution is -2.11. The number of carbonyl (C=O) groups is 2. The summed E-state index contributed by atoms with van der Waals surface area (Å²) in [6, 6.07) is 9.17. The summed E-state index contributed by atoms with van der Waals surface area (Å²) in [5.41, 5.74) is 0.515. The van der Waals surface area contributed by atoms with Crippen molar-refractivity contribution in [1.82, 2.24) is 0 Å². The third-order valence-electron chi connectivity index (χ3n) is 3.26. The van der Waals surface area contributed by atoms with Crippen LogP contribution in [0.25, 0.3) is 0 Å². The molecule has 0 aliphatic heterocycles. The SMILES string of the molecule is CCOC(=O)c1cc(Cl)c(OC(=O)c2ccc(OC)cc2)c(OC)c1. The normalized spacial score (nSPS) is 10.1. The highest BCUT2D eigenvalue weighted by molar-refractivity contribution is 6.32. The second-order valence-corrected chi connectivity index (χ2v) is 5.24. The lowest BCUT2D eigenvalue weighted by molar-refractivity contribution is 0.0526. The Bertz CT molecular complexity index is 770. The summed E-state index contributed by atoms with van der Waals surface area (Å²) >= 11 is 6.15. The van der Waals surface area contributed by atoms with Crippen LogP contribution < -0.4 is 14.2 Å². The topological polar surface area (TPSA) is 71.1 Å². The quantitative estimate of drug-likeness (QED) is 0.574. The summed E-state index contributed by atoms with van der Waals surface area (Å²) < 4.78 is 20.5. The third kappa shape index (κ3) is 4.42. The van der Waals surface area contributed by atoms with Crippen LogP contribution >= 0.6 is 11.6 Å². The Morgan fingerprint density at radius 1 is 0.960 bits per heavy atom. The van der Waals surface area contributed by atoms with Crippen LogP contribution in [0.4, 0.5) is 0 Å². The molecule has 0 fully saturated rings. The second kappa shape index (κ2) is 8.39. The number of halogens is 1. The van der Waals surface area contributed by atoms with Crippen LogP contribution in [0.1, 0.15) is 27.6 Å². The van der Waals surface area contributed by atoms with Crippen molar-refractivity contribution in [2.75, 3.05) is 20.8 Å². The molecule has 0 N–H and O–H groups in total. The Hall–Kier alpha value is -2.73. The lowest BCUT2D eigenvalue weighted by Gasteiger charge is -2.13. The maximum Gasteiger partial charge on any atom is 0.343 e. The summed E-state index contributed by atoms with van der Waals surface area (Å²) in [4.78, 5) is 24.1. The van der Waals surface area contributed by atoms with Gasteiger partial charge in [0, 0.05) is 0 Å². The Morgan fingerprint density at radius 3 is 2.20 bits per heavy atom. The molecular formula is C18H17ClO6. The van der Waals surface area contributed by atoms with E-state index >= 15 is 0 Å². The molecule has 2 aromatic carbocycles. The summed E-state index contributed by atoms with van der Waals surface area (Å²) in [6.45, 7) is 1.93. The fraction of sp³-hybridized carbons (Fsp3) is 0.222. The first kappa shape index (κ1) is 18.6. The van der Waals surface area contributed by atoms with Crippen molar-refractivity contribution < 1.29 is 28.5 Å². The van der Waals surface area contributed by atoms with Gasteiger partial charge in [-0.2, -0.15) is 0 Å². The van der Waals surface area contributed by atoms with Gasteiger partial charge in [0.2, 0.25) is 0 Å². The molecule has 0 saturated heterocycles. The zero-order valence-corrected chi connectivity index (χ0v) is 14.8. The monoisotopic (exact) mass is 364 g/mol. The highest BCUT2D eigenvalue weighted by Crippen LogP contribution is 2.37. The minimum absolute atomic E-state index is 0.0260. The molecule has 25 heavy (non-hydrogen) atoms. The molecule has 0 saturated carbocycles. The molecule has 0 unspecified atom stereocenters. The maximum absolute atomic E-state index is 12.3. The van der Waals surface area contributed by atoms with E-state index in [1.807, 2.05) is 0 Å². The van der Waals surface area contributed by atoms with E-state index in [9.17, 15) is 9.59 Å². The highest BCUT2D eigenvalue weighted by atomic mass is 35.5. The van der Waals surface area contributed by atoms with E-state index in [1.165, 1.54) is 26.4 Å². The fourth-order valence-corrected chi connectivity index (χ4v) is 2.28. The van der Waals surface area contributed by atoms with E-state index in [-0.39, 0.29) is 28.7 Å². The zero-order valence-electron chi connectivity index (χ0n) is 14.0. The Labute approximate surface area is 150 Å². The van der Waals surface area contributed by atoms with Crippen LogP contribution in [-0.4, -0.2) is 32.8 Å². The largest absolute Gasteiger partial charge is 0.497 e. The minimum atomic E-state index is -0.619. The number of esters is 2. The molecule has 0 aliphatic carbocycles. The number of ether oxygens (including phenoxy) is 4. The van der Waals surface area contributed by atoms with Gasteiger partial charge in [-0.1, -0.05) is 11.6 Å². The standard InChI is InChI=1S/C18H17ClO6/c1-4-24-17(20)12-9-14(19)16(15(10-12)23-3)25-18(21)11-5-7-13(22-2)8-6-11/h5-10H,4H2,1-3H3. The van der Waals surface area contributed by atoms with Crippen molar-refractivity contribution in [2.45, 2.75) is 6.92 Å². The number of rotatable bonds is 6. The van der Waals surface area contributed by atoms with Gasteiger partial charge in [0.15, 0.2) is 11.5 Å². The number of carbonyl (C=O) groups excluding carboxylic acids is 2. The van der Waals surface area contributed by atoms with Gasteiger partial charge in [-0.25, -0.2) is 9.59 Å². The maximum atomic E-state index is 12.3. The fourth-order valence-electron chi connectivity index (χ4n) is 2.03. The van der Waals surface area contributed by atoms with Gasteiger partial charge < -0.3 is 18.9 Å². The molecule has 0 radical (unpaired) electrons. The molecule has 132 valence electrons. The van der Waals surface area contributed by atoms with Crippen molar-refractivity contribution >= 4 is 23.5 Å². The smallest absolute Gasteiger partial charge is 0.343 e. The van der Waals surface area contributed by atoms with Gasteiger partial charge in [-0.15, -0.1) is 0 Å². The molecule has 7 heteroatoms. The Kier molecular flexibility index (Phi) is 6.25. The first-order chi connectivity index (χ1) is 12.0. The molecule has 2 rings (SSSR count).